The van der Waals surface area contributed by atoms with Crippen LogP contribution in [0.4, 0.5) is 4.79 Å². The SMILES string of the molecule is O=C(O)OC1=CC(O)C(O)C(O)C1. The normalized spacial score (nSPS) is 33.8. The zero-order valence-electron chi connectivity index (χ0n) is 6.62. The van der Waals surface area contributed by atoms with Crippen LogP contribution < -0.4 is 0 Å². The van der Waals surface area contributed by atoms with E-state index in [-0.39, 0.29) is 12.2 Å². The summed E-state index contributed by atoms with van der Waals surface area (Å²) in [6.07, 6.45) is -4.36. The molecule has 0 aromatic carbocycles. The Morgan fingerprint density at radius 3 is 2.54 bits per heavy atom. The Morgan fingerprint density at radius 1 is 1.46 bits per heavy atom. The van der Waals surface area contributed by atoms with E-state index in [1.165, 1.54) is 0 Å². The molecule has 0 radical (unpaired) electrons. The second-order valence-corrected chi connectivity index (χ2v) is 2.75. The first-order valence-corrected chi connectivity index (χ1v) is 3.66. The van der Waals surface area contributed by atoms with Crippen LogP contribution in [0.25, 0.3) is 0 Å². The average Bonchev–Trinajstić information content (AvgIpc) is 1.98. The fourth-order valence-electron chi connectivity index (χ4n) is 1.10. The molecule has 0 fully saturated rings. The van der Waals surface area contributed by atoms with Crippen molar-refractivity contribution in [1.29, 1.82) is 0 Å². The number of hydrogen-bond donors (Lipinski definition) is 4. The lowest BCUT2D eigenvalue weighted by atomic mass is 9.97. The molecule has 0 aromatic heterocycles. The van der Waals surface area contributed by atoms with Crippen LogP contribution in [0.1, 0.15) is 6.42 Å². The maximum atomic E-state index is 10.1. The van der Waals surface area contributed by atoms with Crippen molar-refractivity contribution in [1.82, 2.24) is 0 Å². The van der Waals surface area contributed by atoms with E-state index in [0.29, 0.717) is 0 Å². The largest absolute Gasteiger partial charge is 0.511 e. The van der Waals surface area contributed by atoms with E-state index in [1.54, 1.807) is 0 Å². The monoisotopic (exact) mass is 190 g/mol. The van der Waals surface area contributed by atoms with Gasteiger partial charge in [-0.3, -0.25) is 0 Å². The van der Waals surface area contributed by atoms with Gasteiger partial charge in [0.25, 0.3) is 0 Å². The number of aliphatic hydroxyl groups excluding tert-OH is 3. The van der Waals surface area contributed by atoms with Gasteiger partial charge >= 0.3 is 6.16 Å². The number of rotatable bonds is 1. The van der Waals surface area contributed by atoms with Gasteiger partial charge in [0.2, 0.25) is 0 Å². The van der Waals surface area contributed by atoms with Crippen LogP contribution in [0.3, 0.4) is 0 Å². The summed E-state index contributed by atoms with van der Waals surface area (Å²) in [4.78, 5) is 10.1. The van der Waals surface area contributed by atoms with Crippen molar-refractivity contribution >= 4 is 6.16 Å². The zero-order chi connectivity index (χ0) is 10.0. The summed E-state index contributed by atoms with van der Waals surface area (Å²) < 4.78 is 4.23. The number of carboxylic acid groups (broad SMARTS) is 1. The second kappa shape index (κ2) is 3.73. The summed E-state index contributed by atoms with van der Waals surface area (Å²) in [7, 11) is 0. The average molecular weight is 190 g/mol. The van der Waals surface area contributed by atoms with E-state index < -0.39 is 24.5 Å². The van der Waals surface area contributed by atoms with Crippen LogP contribution in [0.5, 0.6) is 0 Å². The molecular weight excluding hydrogens is 180 g/mol. The maximum Gasteiger partial charge on any atom is 0.511 e. The minimum Gasteiger partial charge on any atom is -0.449 e. The van der Waals surface area contributed by atoms with Crippen molar-refractivity contribution in [2.24, 2.45) is 0 Å². The molecule has 0 bridgehead atoms. The minimum absolute atomic E-state index is 0.0576. The lowest BCUT2D eigenvalue weighted by Gasteiger charge is -2.26. The van der Waals surface area contributed by atoms with Gasteiger partial charge in [0, 0.05) is 6.42 Å². The van der Waals surface area contributed by atoms with Gasteiger partial charge in [-0.2, -0.15) is 0 Å². The second-order valence-electron chi connectivity index (χ2n) is 2.75. The molecule has 13 heavy (non-hydrogen) atoms. The van der Waals surface area contributed by atoms with E-state index in [0.717, 1.165) is 6.08 Å². The fraction of sp³-hybridized carbons (Fsp3) is 0.571. The molecule has 0 saturated carbocycles. The van der Waals surface area contributed by atoms with E-state index in [2.05, 4.69) is 4.74 Å². The molecule has 1 aliphatic rings. The lowest BCUT2D eigenvalue weighted by Crippen LogP contribution is -2.40. The van der Waals surface area contributed by atoms with Gasteiger partial charge in [0.15, 0.2) is 0 Å². The molecule has 0 aliphatic heterocycles. The standard InChI is InChI=1S/C7H10O6/c8-4-1-3(13-7(11)12)2-5(9)6(4)10/h1,4-6,8-10H,2H2,(H,11,12). The first-order chi connectivity index (χ1) is 6.00. The van der Waals surface area contributed by atoms with Crippen LogP contribution in [0.2, 0.25) is 0 Å². The van der Waals surface area contributed by atoms with Gasteiger partial charge < -0.3 is 25.2 Å². The number of carbonyl (C=O) groups is 1. The molecule has 1 aliphatic carbocycles. The van der Waals surface area contributed by atoms with Crippen LogP contribution in [0, 0.1) is 0 Å². The molecule has 0 amide bonds. The van der Waals surface area contributed by atoms with Gasteiger partial charge in [-0.25, -0.2) is 4.79 Å². The van der Waals surface area contributed by atoms with Crippen LogP contribution >= 0.6 is 0 Å². The Balaban J connectivity index is 2.67. The fourth-order valence-corrected chi connectivity index (χ4v) is 1.10. The van der Waals surface area contributed by atoms with Crippen molar-refractivity contribution in [3.05, 3.63) is 11.8 Å². The Labute approximate surface area is 73.7 Å². The first kappa shape index (κ1) is 9.97. The third-order valence-corrected chi connectivity index (χ3v) is 1.73. The summed E-state index contributed by atoms with van der Waals surface area (Å²) in [6, 6.07) is 0. The molecule has 6 nitrogen and oxygen atoms in total. The van der Waals surface area contributed by atoms with E-state index in [4.69, 9.17) is 20.4 Å². The van der Waals surface area contributed by atoms with E-state index in [9.17, 15) is 4.79 Å². The highest BCUT2D eigenvalue weighted by molar-refractivity contribution is 5.58. The number of aliphatic hydroxyl groups is 3. The van der Waals surface area contributed by atoms with E-state index >= 15 is 0 Å². The molecule has 6 heteroatoms. The third kappa shape index (κ3) is 2.41. The molecule has 3 atom stereocenters. The van der Waals surface area contributed by atoms with Crippen molar-refractivity contribution in [3.63, 3.8) is 0 Å². The zero-order valence-corrected chi connectivity index (χ0v) is 6.62. The summed E-state index contributed by atoms with van der Waals surface area (Å²) >= 11 is 0. The maximum absolute atomic E-state index is 10.1. The Morgan fingerprint density at radius 2 is 2.08 bits per heavy atom. The number of ether oxygens (including phenoxy) is 1. The van der Waals surface area contributed by atoms with Crippen molar-refractivity contribution in [2.45, 2.75) is 24.7 Å². The van der Waals surface area contributed by atoms with Crippen LogP contribution in [0.15, 0.2) is 11.8 Å². The molecule has 0 spiro atoms. The Kier molecular flexibility index (Phi) is 2.86. The highest BCUT2D eigenvalue weighted by Gasteiger charge is 2.30. The first-order valence-electron chi connectivity index (χ1n) is 3.66. The van der Waals surface area contributed by atoms with Crippen molar-refractivity contribution in [3.8, 4) is 0 Å². The third-order valence-electron chi connectivity index (χ3n) is 1.73. The van der Waals surface area contributed by atoms with Gasteiger partial charge in [-0.15, -0.1) is 0 Å². The van der Waals surface area contributed by atoms with Crippen molar-refractivity contribution < 1.29 is 30.0 Å². The summed E-state index contributed by atoms with van der Waals surface area (Å²) in [6.45, 7) is 0. The highest BCUT2D eigenvalue weighted by Crippen LogP contribution is 2.20. The number of hydrogen-bond acceptors (Lipinski definition) is 5. The molecular formula is C7H10O6. The summed E-state index contributed by atoms with van der Waals surface area (Å²) in [5, 5.41) is 35.4. The Hall–Kier alpha value is -1.11. The summed E-state index contributed by atoms with van der Waals surface area (Å²) in [5.41, 5.74) is 0. The molecule has 74 valence electrons. The van der Waals surface area contributed by atoms with Crippen LogP contribution in [-0.2, 0) is 4.74 Å². The topological polar surface area (TPSA) is 107 Å². The molecule has 0 saturated heterocycles. The molecule has 0 aromatic rings. The Bertz CT molecular complexity index is 235. The van der Waals surface area contributed by atoms with E-state index in [1.807, 2.05) is 0 Å². The quantitative estimate of drug-likeness (QED) is 0.397. The van der Waals surface area contributed by atoms with Crippen molar-refractivity contribution in [2.75, 3.05) is 0 Å². The predicted octanol–water partition coefficient (Wildman–Crippen LogP) is -0.949. The minimum atomic E-state index is -1.51. The van der Waals surface area contributed by atoms with Crippen LogP contribution in [-0.4, -0.2) is 44.9 Å². The molecule has 0 heterocycles. The highest BCUT2D eigenvalue weighted by atomic mass is 16.7. The molecule has 3 unspecified atom stereocenters. The lowest BCUT2D eigenvalue weighted by molar-refractivity contribution is -0.0553. The van der Waals surface area contributed by atoms with Gasteiger partial charge in [-0.05, 0) is 6.08 Å². The molecule has 1 rings (SSSR count). The van der Waals surface area contributed by atoms with Gasteiger partial charge in [0.05, 0.1) is 6.10 Å². The summed E-state index contributed by atoms with van der Waals surface area (Å²) in [5.74, 6) is -0.0576. The van der Waals surface area contributed by atoms with Gasteiger partial charge in [0.1, 0.15) is 18.0 Å². The van der Waals surface area contributed by atoms with Gasteiger partial charge in [-0.1, -0.05) is 0 Å². The smallest absolute Gasteiger partial charge is 0.449 e. The molecule has 4 N–H and O–H groups in total. The predicted molar refractivity (Wildman–Crippen MR) is 39.8 cm³/mol.